The third-order valence-corrected chi connectivity index (χ3v) is 8.58. The predicted molar refractivity (Wildman–Crippen MR) is 173 cm³/mol. The number of benzene rings is 3. The summed E-state index contributed by atoms with van der Waals surface area (Å²) in [7, 11) is 0.0565. The van der Waals surface area contributed by atoms with Gasteiger partial charge in [-0.2, -0.15) is 0 Å². The highest BCUT2D eigenvalue weighted by atomic mass is 32.2. The Hall–Kier alpha value is -4.45. The van der Waals surface area contributed by atoms with Crippen LogP contribution < -0.4 is 28.6 Å². The van der Waals surface area contributed by atoms with Crippen LogP contribution in [-0.4, -0.2) is 71.2 Å². The Morgan fingerprint density at radius 2 is 1.53 bits per heavy atom. The molecule has 3 rings (SSSR count). The zero-order chi connectivity index (χ0) is 33.4. The molecule has 0 heterocycles. The minimum atomic E-state index is -4.33. The van der Waals surface area contributed by atoms with Crippen LogP contribution in [0.1, 0.15) is 40.2 Å². The van der Waals surface area contributed by atoms with Crippen LogP contribution in [0.5, 0.6) is 23.0 Å². The highest BCUT2D eigenvalue weighted by Crippen LogP contribution is 2.33. The summed E-state index contributed by atoms with van der Waals surface area (Å²) in [6, 6.07) is 16.8. The topological polar surface area (TPSA) is 124 Å². The minimum Gasteiger partial charge on any atom is -0.497 e. The van der Waals surface area contributed by atoms with Crippen LogP contribution >= 0.6 is 0 Å². The summed E-state index contributed by atoms with van der Waals surface area (Å²) in [4.78, 5) is 28.8. The fourth-order valence-corrected chi connectivity index (χ4v) is 5.96. The van der Waals surface area contributed by atoms with Crippen LogP contribution in [-0.2, 0) is 26.2 Å². The zero-order valence-corrected chi connectivity index (χ0v) is 27.9. The first kappa shape index (κ1) is 35.0. The van der Waals surface area contributed by atoms with Gasteiger partial charge in [0.1, 0.15) is 24.1 Å². The van der Waals surface area contributed by atoms with Crippen molar-refractivity contribution in [1.29, 1.82) is 0 Å². The molecule has 1 atom stereocenters. The number of amides is 2. The minimum absolute atomic E-state index is 0.0300. The Morgan fingerprint density at radius 3 is 2.11 bits per heavy atom. The zero-order valence-electron chi connectivity index (χ0n) is 27.1. The van der Waals surface area contributed by atoms with Crippen LogP contribution in [0.2, 0.25) is 0 Å². The Labute approximate surface area is 266 Å². The molecule has 0 spiro atoms. The van der Waals surface area contributed by atoms with E-state index >= 15 is 0 Å². The summed E-state index contributed by atoms with van der Waals surface area (Å²) in [6.07, 6.45) is 0. The lowest BCUT2D eigenvalue weighted by Crippen LogP contribution is -2.54. The number of methoxy groups -OCH3 is 3. The van der Waals surface area contributed by atoms with E-state index in [9.17, 15) is 18.0 Å². The van der Waals surface area contributed by atoms with E-state index in [-0.39, 0.29) is 28.8 Å². The van der Waals surface area contributed by atoms with Crippen molar-refractivity contribution in [2.24, 2.45) is 0 Å². The maximum absolute atomic E-state index is 14.2. The molecule has 0 radical (unpaired) electrons. The van der Waals surface area contributed by atoms with Crippen molar-refractivity contribution in [3.8, 4) is 23.0 Å². The second kappa shape index (κ2) is 15.0. The number of carbonyl (C=O) groups is 2. The van der Waals surface area contributed by atoms with Gasteiger partial charge in [-0.3, -0.25) is 13.9 Å². The molecule has 3 aromatic carbocycles. The van der Waals surface area contributed by atoms with Gasteiger partial charge in [0, 0.05) is 18.2 Å². The van der Waals surface area contributed by atoms with Gasteiger partial charge < -0.3 is 29.2 Å². The summed E-state index contributed by atoms with van der Waals surface area (Å²) < 4.78 is 51.0. The molecule has 45 heavy (non-hydrogen) atoms. The molecule has 0 bridgehead atoms. The van der Waals surface area contributed by atoms with Gasteiger partial charge in [-0.15, -0.1) is 0 Å². The van der Waals surface area contributed by atoms with Gasteiger partial charge in [0.15, 0.2) is 11.5 Å². The van der Waals surface area contributed by atoms with Gasteiger partial charge in [0.2, 0.25) is 11.8 Å². The van der Waals surface area contributed by atoms with E-state index in [0.29, 0.717) is 29.4 Å². The van der Waals surface area contributed by atoms with E-state index in [4.69, 9.17) is 18.9 Å². The lowest BCUT2D eigenvalue weighted by molar-refractivity contribution is -0.140. The maximum Gasteiger partial charge on any atom is 0.264 e. The second-order valence-electron chi connectivity index (χ2n) is 11.2. The molecule has 0 saturated heterocycles. The van der Waals surface area contributed by atoms with Crippen molar-refractivity contribution in [3.63, 3.8) is 0 Å². The van der Waals surface area contributed by atoms with Crippen LogP contribution in [0.25, 0.3) is 0 Å². The fourth-order valence-electron chi connectivity index (χ4n) is 4.53. The second-order valence-corrected chi connectivity index (χ2v) is 13.1. The lowest BCUT2D eigenvalue weighted by Gasteiger charge is -2.33. The lowest BCUT2D eigenvalue weighted by atomic mass is 10.1. The highest BCUT2D eigenvalue weighted by molar-refractivity contribution is 7.92. The van der Waals surface area contributed by atoms with E-state index in [2.05, 4.69) is 5.32 Å². The van der Waals surface area contributed by atoms with Gasteiger partial charge in [0.05, 0.1) is 38.5 Å². The third-order valence-electron chi connectivity index (χ3n) is 6.81. The number of carbonyl (C=O) groups excluding carboxylic acids is 2. The molecular weight excluding hydrogens is 598 g/mol. The van der Waals surface area contributed by atoms with E-state index in [1.807, 2.05) is 33.8 Å². The number of hydrogen-bond donors (Lipinski definition) is 1. The molecule has 1 N–H and O–H groups in total. The average molecular weight is 642 g/mol. The van der Waals surface area contributed by atoms with Crippen molar-refractivity contribution in [2.75, 3.05) is 38.8 Å². The summed E-state index contributed by atoms with van der Waals surface area (Å²) in [5, 5.41) is 2.92. The number of nitrogens with zero attached hydrogens (tertiary/aromatic N) is 2. The molecular formula is C33H43N3O8S. The molecule has 244 valence electrons. The molecule has 11 nitrogen and oxygen atoms in total. The van der Waals surface area contributed by atoms with Gasteiger partial charge in [-0.25, -0.2) is 8.42 Å². The van der Waals surface area contributed by atoms with Crippen LogP contribution in [0.15, 0.2) is 71.6 Å². The van der Waals surface area contributed by atoms with Crippen LogP contribution in [0.3, 0.4) is 0 Å². The largest absolute Gasteiger partial charge is 0.497 e. The Bertz CT molecular complexity index is 1570. The first-order chi connectivity index (χ1) is 21.2. The smallest absolute Gasteiger partial charge is 0.264 e. The molecule has 0 saturated carbocycles. The van der Waals surface area contributed by atoms with E-state index in [1.165, 1.54) is 44.4 Å². The average Bonchev–Trinajstić information content (AvgIpc) is 3.01. The van der Waals surface area contributed by atoms with E-state index in [0.717, 1.165) is 4.31 Å². The van der Waals surface area contributed by atoms with Crippen molar-refractivity contribution in [2.45, 2.75) is 57.6 Å². The molecule has 0 fully saturated rings. The van der Waals surface area contributed by atoms with E-state index in [1.54, 1.807) is 49.4 Å². The molecule has 0 aliphatic carbocycles. The summed E-state index contributed by atoms with van der Waals surface area (Å²) in [6.45, 7) is 8.85. The standard InChI is InChI=1S/C33H43N3O8S/c1-9-44-26-15-13-25(14-16-26)36(45(39,40)28-17-18-29(42-7)30(20-28)43-8)22-31(37)35(23(2)32(38)34-33(3,4)5)21-24-11-10-12-27(19-24)41-6/h10-20,23H,9,21-22H2,1-8H3,(H,34,38)/t23-/m0/s1. The van der Waals surface area contributed by atoms with Crippen molar-refractivity contribution in [3.05, 3.63) is 72.3 Å². The van der Waals surface area contributed by atoms with E-state index < -0.39 is 34.1 Å². The number of nitrogens with one attached hydrogen (secondary N) is 1. The molecule has 0 aromatic heterocycles. The van der Waals surface area contributed by atoms with Crippen molar-refractivity contribution >= 4 is 27.5 Å². The predicted octanol–water partition coefficient (Wildman–Crippen LogP) is 4.64. The number of ether oxygens (including phenoxy) is 4. The highest BCUT2D eigenvalue weighted by Gasteiger charge is 2.34. The van der Waals surface area contributed by atoms with Gasteiger partial charge >= 0.3 is 0 Å². The van der Waals surface area contributed by atoms with Crippen LogP contribution in [0.4, 0.5) is 5.69 Å². The van der Waals surface area contributed by atoms with Gasteiger partial charge in [0.25, 0.3) is 10.0 Å². The molecule has 2 amide bonds. The monoisotopic (exact) mass is 641 g/mol. The maximum atomic E-state index is 14.2. The number of hydrogen-bond acceptors (Lipinski definition) is 8. The molecule has 12 heteroatoms. The number of sulfonamides is 1. The molecule has 0 unspecified atom stereocenters. The Kier molecular flexibility index (Phi) is 11.7. The third kappa shape index (κ3) is 9.04. The van der Waals surface area contributed by atoms with Crippen molar-refractivity contribution in [1.82, 2.24) is 10.2 Å². The Morgan fingerprint density at radius 1 is 0.867 bits per heavy atom. The van der Waals surface area contributed by atoms with Gasteiger partial charge in [-0.05, 0) is 88.7 Å². The number of anilines is 1. The summed E-state index contributed by atoms with van der Waals surface area (Å²) in [5.41, 5.74) is 0.379. The molecule has 0 aliphatic heterocycles. The molecule has 3 aromatic rings. The summed E-state index contributed by atoms with van der Waals surface area (Å²) >= 11 is 0. The first-order valence-electron chi connectivity index (χ1n) is 14.5. The first-order valence-corrected chi connectivity index (χ1v) is 15.9. The molecule has 0 aliphatic rings. The van der Waals surface area contributed by atoms with Gasteiger partial charge in [-0.1, -0.05) is 12.1 Å². The normalized spacial score (nSPS) is 12.1. The quantitative estimate of drug-likeness (QED) is 0.270. The Balaban J connectivity index is 2.10. The number of rotatable bonds is 14. The SMILES string of the molecule is CCOc1ccc(N(CC(=O)N(Cc2cccc(OC)c2)[C@@H](C)C(=O)NC(C)(C)C)S(=O)(=O)c2ccc(OC)c(OC)c2)cc1. The van der Waals surface area contributed by atoms with Crippen molar-refractivity contribution < 1.29 is 37.0 Å². The van der Waals surface area contributed by atoms with Crippen LogP contribution in [0, 0.1) is 0 Å². The fraction of sp³-hybridized carbons (Fsp3) is 0.394. The summed E-state index contributed by atoms with van der Waals surface area (Å²) in [5.74, 6) is 0.718.